The number of fused-ring (bicyclic) bond motifs is 1. The van der Waals surface area contributed by atoms with Crippen molar-refractivity contribution in [1.82, 2.24) is 9.66 Å². The average molecular weight is 368 g/mol. The summed E-state index contributed by atoms with van der Waals surface area (Å²) in [5.41, 5.74) is 18.9. The summed E-state index contributed by atoms with van der Waals surface area (Å²) in [4.78, 5) is 4.52. The average Bonchev–Trinajstić information content (AvgIpc) is 3.13. The molecule has 1 unspecified atom stereocenters. The molecule has 0 radical (unpaired) electrons. The molecular weight excluding hydrogens is 340 g/mol. The Kier molecular flexibility index (Phi) is 4.57. The molecule has 7 nitrogen and oxygen atoms in total. The Morgan fingerprint density at radius 3 is 2.81 bits per heavy atom. The molecular formula is C20H28N6O. The lowest BCUT2D eigenvalue weighted by Crippen LogP contribution is -2.61. The lowest BCUT2D eigenvalue weighted by Gasteiger charge is -2.46. The SMILES string of the molecule is COc1cccc(NC2=C(C)C(N)(C3CCC(N)CC3)Nn3ccnc32)c1. The van der Waals surface area contributed by atoms with Crippen molar-refractivity contribution in [2.24, 2.45) is 17.4 Å². The zero-order valence-corrected chi connectivity index (χ0v) is 15.9. The van der Waals surface area contributed by atoms with E-state index in [1.165, 1.54) is 0 Å². The van der Waals surface area contributed by atoms with Crippen LogP contribution in [0.3, 0.4) is 0 Å². The maximum absolute atomic E-state index is 6.97. The van der Waals surface area contributed by atoms with Gasteiger partial charge in [-0.1, -0.05) is 6.07 Å². The number of hydrogen-bond acceptors (Lipinski definition) is 6. The topological polar surface area (TPSA) is 103 Å². The van der Waals surface area contributed by atoms with Gasteiger partial charge in [0.15, 0.2) is 5.82 Å². The number of ether oxygens (including phenoxy) is 1. The number of hydrogen-bond donors (Lipinski definition) is 4. The quantitative estimate of drug-likeness (QED) is 0.661. The zero-order valence-electron chi connectivity index (χ0n) is 15.9. The zero-order chi connectivity index (χ0) is 19.0. The molecule has 1 aromatic carbocycles. The number of benzene rings is 1. The van der Waals surface area contributed by atoms with Crippen LogP contribution in [0, 0.1) is 5.92 Å². The molecule has 144 valence electrons. The monoisotopic (exact) mass is 368 g/mol. The minimum atomic E-state index is -0.644. The van der Waals surface area contributed by atoms with Crippen molar-refractivity contribution < 1.29 is 4.74 Å². The van der Waals surface area contributed by atoms with E-state index in [2.05, 4.69) is 22.7 Å². The summed E-state index contributed by atoms with van der Waals surface area (Å²) < 4.78 is 7.27. The molecule has 0 bridgehead atoms. The third-order valence-corrected chi connectivity index (χ3v) is 5.92. The molecule has 1 atom stereocenters. The van der Waals surface area contributed by atoms with Crippen LogP contribution in [0.1, 0.15) is 38.4 Å². The van der Waals surface area contributed by atoms with Crippen LogP contribution < -0.4 is 26.9 Å². The molecule has 0 amide bonds. The highest BCUT2D eigenvalue weighted by Crippen LogP contribution is 2.39. The summed E-state index contributed by atoms with van der Waals surface area (Å²) in [6, 6.07) is 8.15. The number of rotatable bonds is 4. The first-order chi connectivity index (χ1) is 13.0. The van der Waals surface area contributed by atoms with Gasteiger partial charge in [0, 0.05) is 36.1 Å². The Hall–Kier alpha value is -2.51. The van der Waals surface area contributed by atoms with E-state index < -0.39 is 5.66 Å². The van der Waals surface area contributed by atoms with E-state index in [4.69, 9.17) is 16.2 Å². The van der Waals surface area contributed by atoms with Crippen LogP contribution in [0.5, 0.6) is 5.75 Å². The van der Waals surface area contributed by atoms with Crippen molar-refractivity contribution >= 4 is 11.4 Å². The van der Waals surface area contributed by atoms with Crippen molar-refractivity contribution in [3.05, 3.63) is 48.1 Å². The summed E-state index contributed by atoms with van der Waals surface area (Å²) in [6.45, 7) is 2.09. The molecule has 7 heteroatoms. The summed E-state index contributed by atoms with van der Waals surface area (Å²) >= 11 is 0. The van der Waals surface area contributed by atoms with Gasteiger partial charge in [-0.15, -0.1) is 0 Å². The van der Waals surface area contributed by atoms with Crippen molar-refractivity contribution in [1.29, 1.82) is 0 Å². The molecule has 1 aromatic heterocycles. The number of aromatic nitrogens is 2. The maximum Gasteiger partial charge on any atom is 0.175 e. The van der Waals surface area contributed by atoms with Gasteiger partial charge >= 0.3 is 0 Å². The number of anilines is 1. The van der Waals surface area contributed by atoms with Gasteiger partial charge in [-0.25, -0.2) is 9.66 Å². The largest absolute Gasteiger partial charge is 0.497 e. The fourth-order valence-corrected chi connectivity index (χ4v) is 4.20. The second kappa shape index (κ2) is 6.90. The fourth-order valence-electron chi connectivity index (χ4n) is 4.20. The third-order valence-electron chi connectivity index (χ3n) is 5.92. The number of nitrogens with zero attached hydrogens (tertiary/aromatic N) is 2. The Morgan fingerprint density at radius 1 is 1.30 bits per heavy atom. The van der Waals surface area contributed by atoms with Gasteiger partial charge in [-0.05, 0) is 50.3 Å². The van der Waals surface area contributed by atoms with Crippen LogP contribution in [0.4, 0.5) is 5.69 Å². The Balaban J connectivity index is 1.72. The Labute approximate surface area is 159 Å². The minimum absolute atomic E-state index is 0.288. The predicted octanol–water partition coefficient (Wildman–Crippen LogP) is 2.46. The van der Waals surface area contributed by atoms with Crippen LogP contribution in [-0.2, 0) is 0 Å². The van der Waals surface area contributed by atoms with Gasteiger partial charge in [-0.3, -0.25) is 0 Å². The number of imidazole rings is 1. The van der Waals surface area contributed by atoms with E-state index in [1.807, 2.05) is 35.1 Å². The van der Waals surface area contributed by atoms with Gasteiger partial charge in [0.05, 0.1) is 12.8 Å². The molecule has 1 saturated carbocycles. The Bertz CT molecular complexity index is 852. The van der Waals surface area contributed by atoms with Gasteiger partial charge in [-0.2, -0.15) is 0 Å². The van der Waals surface area contributed by atoms with E-state index in [0.29, 0.717) is 5.92 Å². The summed E-state index contributed by atoms with van der Waals surface area (Å²) in [5, 5.41) is 3.52. The fraction of sp³-hybridized carbons (Fsp3) is 0.450. The van der Waals surface area contributed by atoms with Crippen molar-refractivity contribution in [2.45, 2.75) is 44.3 Å². The van der Waals surface area contributed by atoms with Crippen LogP contribution in [0.25, 0.3) is 5.70 Å². The second-order valence-corrected chi connectivity index (χ2v) is 7.57. The third kappa shape index (κ3) is 3.17. The molecule has 0 spiro atoms. The normalized spacial score (nSPS) is 27.7. The molecule has 0 saturated heterocycles. The smallest absolute Gasteiger partial charge is 0.175 e. The number of nitrogens with two attached hydrogens (primary N) is 2. The second-order valence-electron chi connectivity index (χ2n) is 7.57. The highest BCUT2D eigenvalue weighted by Gasteiger charge is 2.43. The first kappa shape index (κ1) is 17.9. The van der Waals surface area contributed by atoms with Crippen molar-refractivity contribution in [3.8, 4) is 5.75 Å². The highest BCUT2D eigenvalue weighted by atomic mass is 16.5. The van der Waals surface area contributed by atoms with Gasteiger partial charge in [0.1, 0.15) is 11.4 Å². The molecule has 1 aliphatic carbocycles. The maximum atomic E-state index is 6.97. The molecule has 4 rings (SSSR count). The molecule has 2 heterocycles. The van der Waals surface area contributed by atoms with Gasteiger partial charge in [0.2, 0.25) is 0 Å². The standard InChI is InChI=1S/C20H28N6O/c1-13-18(24-16-4-3-5-17(12-16)27-2)19-23-10-11-26(19)25-20(13,22)14-6-8-15(21)9-7-14/h3-5,10-12,14-15,24-25H,6-9,21-22H2,1-2H3. The highest BCUT2D eigenvalue weighted by molar-refractivity contribution is 5.79. The first-order valence-electron chi connectivity index (χ1n) is 9.50. The van der Waals surface area contributed by atoms with Crippen molar-refractivity contribution in [3.63, 3.8) is 0 Å². The van der Waals surface area contributed by atoms with E-state index in [9.17, 15) is 0 Å². The van der Waals surface area contributed by atoms with Crippen LogP contribution >= 0.6 is 0 Å². The first-order valence-corrected chi connectivity index (χ1v) is 9.50. The number of methoxy groups -OCH3 is 1. The van der Waals surface area contributed by atoms with E-state index in [-0.39, 0.29) is 6.04 Å². The van der Waals surface area contributed by atoms with Gasteiger partial charge in [0.25, 0.3) is 0 Å². The van der Waals surface area contributed by atoms with Gasteiger partial charge < -0.3 is 26.9 Å². The summed E-state index contributed by atoms with van der Waals surface area (Å²) in [7, 11) is 1.67. The number of nitrogens with one attached hydrogen (secondary N) is 2. The van der Waals surface area contributed by atoms with E-state index in [0.717, 1.165) is 54.2 Å². The Morgan fingerprint density at radius 2 is 2.07 bits per heavy atom. The molecule has 2 aromatic rings. The van der Waals surface area contributed by atoms with Crippen LogP contribution in [0.2, 0.25) is 0 Å². The summed E-state index contributed by atoms with van der Waals surface area (Å²) in [6.07, 6.45) is 7.73. The predicted molar refractivity (Wildman–Crippen MR) is 108 cm³/mol. The lowest BCUT2D eigenvalue weighted by molar-refractivity contribution is 0.229. The minimum Gasteiger partial charge on any atom is -0.497 e. The molecule has 6 N–H and O–H groups in total. The molecule has 1 aliphatic heterocycles. The molecule has 27 heavy (non-hydrogen) atoms. The summed E-state index contributed by atoms with van der Waals surface area (Å²) in [5.74, 6) is 1.94. The molecule has 2 aliphatic rings. The lowest BCUT2D eigenvalue weighted by atomic mass is 9.75. The van der Waals surface area contributed by atoms with Crippen LogP contribution in [-0.4, -0.2) is 28.5 Å². The van der Waals surface area contributed by atoms with E-state index >= 15 is 0 Å². The van der Waals surface area contributed by atoms with Crippen molar-refractivity contribution in [2.75, 3.05) is 17.9 Å². The van der Waals surface area contributed by atoms with E-state index in [1.54, 1.807) is 13.3 Å². The molecule has 1 fully saturated rings. The van der Waals surface area contributed by atoms with Crippen LogP contribution in [0.15, 0.2) is 42.2 Å².